The zero-order valence-corrected chi connectivity index (χ0v) is 14.8. The molecule has 0 unspecified atom stereocenters. The number of para-hydroxylation sites is 2. The Morgan fingerprint density at radius 1 is 1.11 bits per heavy atom. The maximum Gasteiger partial charge on any atom is 0.257 e. The average molecular weight is 358 g/mol. The van der Waals surface area contributed by atoms with Crippen molar-refractivity contribution in [2.75, 3.05) is 17.2 Å². The molecule has 134 valence electrons. The monoisotopic (exact) mass is 358 g/mol. The van der Waals surface area contributed by atoms with Crippen LogP contribution in [0.15, 0.2) is 67.0 Å². The predicted molar refractivity (Wildman–Crippen MR) is 104 cm³/mol. The van der Waals surface area contributed by atoms with E-state index >= 15 is 0 Å². The van der Waals surface area contributed by atoms with Crippen LogP contribution < -0.4 is 15.4 Å². The number of nitriles is 1. The van der Waals surface area contributed by atoms with Crippen molar-refractivity contribution in [3.8, 4) is 11.8 Å². The van der Waals surface area contributed by atoms with Gasteiger partial charge < -0.3 is 15.4 Å². The highest BCUT2D eigenvalue weighted by Gasteiger charge is 2.09. The molecule has 2 N–H and O–H groups in total. The van der Waals surface area contributed by atoms with E-state index in [-0.39, 0.29) is 5.91 Å². The van der Waals surface area contributed by atoms with Crippen molar-refractivity contribution in [2.24, 2.45) is 0 Å². The van der Waals surface area contributed by atoms with Gasteiger partial charge >= 0.3 is 0 Å². The average Bonchev–Trinajstić information content (AvgIpc) is 2.70. The first-order valence-corrected chi connectivity index (χ1v) is 8.45. The molecular formula is C21H18N4O2. The zero-order valence-electron chi connectivity index (χ0n) is 14.8. The minimum atomic E-state index is -0.306. The second kappa shape index (κ2) is 8.50. The molecule has 0 aliphatic carbocycles. The Bertz CT molecular complexity index is 995. The predicted octanol–water partition coefficient (Wildman–Crippen LogP) is 4.35. The molecule has 0 spiro atoms. The Balaban J connectivity index is 1.77. The molecule has 3 rings (SSSR count). The molecule has 6 heteroatoms. The fourth-order valence-electron chi connectivity index (χ4n) is 2.51. The fourth-order valence-corrected chi connectivity index (χ4v) is 2.51. The Labute approximate surface area is 157 Å². The lowest BCUT2D eigenvalue weighted by Gasteiger charge is -2.12. The standard InChI is InChI=1S/C21H18N4O2/c1-2-27-20-9-4-3-8-19(20)24-18-11-16(13-23-14-18)21(26)25-17-7-5-6-15(10-17)12-22/h3-11,13-14,24H,2H2,1H3,(H,25,26). The number of anilines is 3. The molecule has 0 radical (unpaired) electrons. The number of carbonyl (C=O) groups excluding carboxylic acids is 1. The van der Waals surface area contributed by atoms with E-state index in [1.54, 1.807) is 36.5 Å². The van der Waals surface area contributed by atoms with Crippen LogP contribution in [0.1, 0.15) is 22.8 Å². The summed E-state index contributed by atoms with van der Waals surface area (Å²) in [7, 11) is 0. The van der Waals surface area contributed by atoms with E-state index in [0.717, 1.165) is 11.4 Å². The van der Waals surface area contributed by atoms with Gasteiger partial charge in [-0.05, 0) is 43.3 Å². The number of benzene rings is 2. The maximum absolute atomic E-state index is 12.5. The van der Waals surface area contributed by atoms with Crippen LogP contribution in [0.5, 0.6) is 5.75 Å². The molecule has 0 aliphatic heterocycles. The summed E-state index contributed by atoms with van der Waals surface area (Å²) in [6, 6.07) is 18.1. The van der Waals surface area contributed by atoms with Crippen molar-refractivity contribution in [3.63, 3.8) is 0 Å². The van der Waals surface area contributed by atoms with Crippen LogP contribution in [0, 0.1) is 11.3 Å². The molecule has 0 fully saturated rings. The van der Waals surface area contributed by atoms with E-state index in [4.69, 9.17) is 10.00 Å². The van der Waals surface area contributed by atoms with Gasteiger partial charge in [0.2, 0.25) is 0 Å². The van der Waals surface area contributed by atoms with Crippen molar-refractivity contribution >= 4 is 23.0 Å². The summed E-state index contributed by atoms with van der Waals surface area (Å²) in [5.74, 6) is 0.419. The number of hydrogen-bond acceptors (Lipinski definition) is 5. The van der Waals surface area contributed by atoms with Crippen LogP contribution in [0.2, 0.25) is 0 Å². The summed E-state index contributed by atoms with van der Waals surface area (Å²) < 4.78 is 5.60. The number of hydrogen-bond donors (Lipinski definition) is 2. The quantitative estimate of drug-likeness (QED) is 0.684. The summed E-state index contributed by atoms with van der Waals surface area (Å²) in [4.78, 5) is 16.6. The largest absolute Gasteiger partial charge is 0.492 e. The van der Waals surface area contributed by atoms with Crippen LogP contribution in [0.3, 0.4) is 0 Å². The molecule has 0 bridgehead atoms. The van der Waals surface area contributed by atoms with Crippen LogP contribution in [-0.4, -0.2) is 17.5 Å². The number of pyridine rings is 1. The van der Waals surface area contributed by atoms with Gasteiger partial charge in [-0.15, -0.1) is 0 Å². The van der Waals surface area contributed by atoms with Crippen molar-refractivity contribution in [2.45, 2.75) is 6.92 Å². The highest BCUT2D eigenvalue weighted by molar-refractivity contribution is 6.04. The minimum Gasteiger partial charge on any atom is -0.492 e. The molecule has 27 heavy (non-hydrogen) atoms. The summed E-state index contributed by atoms with van der Waals surface area (Å²) in [5, 5.41) is 15.0. The van der Waals surface area contributed by atoms with Gasteiger partial charge in [0.1, 0.15) is 5.75 Å². The summed E-state index contributed by atoms with van der Waals surface area (Å²) in [6.07, 6.45) is 3.12. The summed E-state index contributed by atoms with van der Waals surface area (Å²) >= 11 is 0. The third kappa shape index (κ3) is 4.61. The minimum absolute atomic E-state index is 0.306. The van der Waals surface area contributed by atoms with Gasteiger partial charge in [-0.25, -0.2) is 0 Å². The lowest BCUT2D eigenvalue weighted by atomic mass is 10.2. The normalized spacial score (nSPS) is 9.93. The molecule has 1 heterocycles. The molecule has 0 saturated carbocycles. The van der Waals surface area contributed by atoms with Gasteiger partial charge in [0, 0.05) is 11.9 Å². The Morgan fingerprint density at radius 2 is 1.96 bits per heavy atom. The van der Waals surface area contributed by atoms with E-state index < -0.39 is 0 Å². The highest BCUT2D eigenvalue weighted by atomic mass is 16.5. The summed E-state index contributed by atoms with van der Waals surface area (Å²) in [5.41, 5.74) is 2.89. The molecule has 1 amide bonds. The first-order chi connectivity index (χ1) is 13.2. The van der Waals surface area contributed by atoms with Crippen molar-refractivity contribution in [1.82, 2.24) is 4.98 Å². The van der Waals surface area contributed by atoms with Crippen molar-refractivity contribution in [3.05, 3.63) is 78.1 Å². The van der Waals surface area contributed by atoms with E-state index in [0.29, 0.717) is 29.1 Å². The van der Waals surface area contributed by atoms with Gasteiger partial charge in [-0.1, -0.05) is 18.2 Å². The molecule has 0 atom stereocenters. The van der Waals surface area contributed by atoms with Gasteiger partial charge in [0.25, 0.3) is 5.91 Å². The Kier molecular flexibility index (Phi) is 5.65. The van der Waals surface area contributed by atoms with Crippen molar-refractivity contribution < 1.29 is 9.53 Å². The van der Waals surface area contributed by atoms with Gasteiger partial charge in [-0.2, -0.15) is 5.26 Å². The lowest BCUT2D eigenvalue weighted by molar-refractivity contribution is 0.102. The molecular weight excluding hydrogens is 340 g/mol. The van der Waals surface area contributed by atoms with E-state index in [1.807, 2.05) is 37.3 Å². The number of aromatic nitrogens is 1. The second-order valence-electron chi connectivity index (χ2n) is 5.66. The molecule has 1 aromatic heterocycles. The number of carbonyl (C=O) groups is 1. The van der Waals surface area contributed by atoms with Crippen LogP contribution in [-0.2, 0) is 0 Å². The van der Waals surface area contributed by atoms with Crippen LogP contribution in [0.4, 0.5) is 17.1 Å². The van der Waals surface area contributed by atoms with Gasteiger partial charge in [0.15, 0.2) is 0 Å². The van der Waals surface area contributed by atoms with E-state index in [1.165, 1.54) is 6.20 Å². The molecule has 0 aliphatic rings. The lowest BCUT2D eigenvalue weighted by Crippen LogP contribution is -2.12. The van der Waals surface area contributed by atoms with Gasteiger partial charge in [-0.3, -0.25) is 9.78 Å². The number of ether oxygens (including phenoxy) is 1. The maximum atomic E-state index is 12.5. The summed E-state index contributed by atoms with van der Waals surface area (Å²) in [6.45, 7) is 2.48. The number of amides is 1. The van der Waals surface area contributed by atoms with Crippen LogP contribution in [0.25, 0.3) is 0 Å². The second-order valence-corrected chi connectivity index (χ2v) is 5.66. The first kappa shape index (κ1) is 18.0. The van der Waals surface area contributed by atoms with Crippen molar-refractivity contribution in [1.29, 1.82) is 5.26 Å². The third-order valence-electron chi connectivity index (χ3n) is 3.72. The molecule has 2 aromatic carbocycles. The first-order valence-electron chi connectivity index (χ1n) is 8.45. The third-order valence-corrected chi connectivity index (χ3v) is 3.72. The number of nitrogens with one attached hydrogen (secondary N) is 2. The Morgan fingerprint density at radius 3 is 2.78 bits per heavy atom. The number of rotatable bonds is 6. The SMILES string of the molecule is CCOc1ccccc1Nc1cncc(C(=O)Nc2cccc(C#N)c2)c1. The number of nitrogens with zero attached hydrogens (tertiary/aromatic N) is 2. The molecule has 3 aromatic rings. The highest BCUT2D eigenvalue weighted by Crippen LogP contribution is 2.27. The molecule has 6 nitrogen and oxygen atoms in total. The zero-order chi connectivity index (χ0) is 19.1. The topological polar surface area (TPSA) is 87.0 Å². The molecule has 0 saturated heterocycles. The Hall–Kier alpha value is -3.85. The van der Waals surface area contributed by atoms with Gasteiger partial charge in [0.05, 0.1) is 41.4 Å². The van der Waals surface area contributed by atoms with E-state index in [2.05, 4.69) is 15.6 Å². The van der Waals surface area contributed by atoms with E-state index in [9.17, 15) is 4.79 Å². The smallest absolute Gasteiger partial charge is 0.257 e. The fraction of sp³-hybridized carbons (Fsp3) is 0.0952. The van der Waals surface area contributed by atoms with Crippen LogP contribution >= 0.6 is 0 Å².